The predicted octanol–water partition coefficient (Wildman–Crippen LogP) is 4.30. The van der Waals surface area contributed by atoms with E-state index >= 15 is 0 Å². The summed E-state index contributed by atoms with van der Waals surface area (Å²) in [6.07, 6.45) is 3.15. The van der Waals surface area contributed by atoms with Gasteiger partial charge in [0.25, 0.3) is 0 Å². The number of esters is 2. The van der Waals surface area contributed by atoms with Gasteiger partial charge >= 0.3 is 11.9 Å². The van der Waals surface area contributed by atoms with Crippen LogP contribution in [0.25, 0.3) is 0 Å². The van der Waals surface area contributed by atoms with Crippen LogP contribution in [0.2, 0.25) is 0 Å². The number of benzene rings is 1. The number of ether oxygens (including phenoxy) is 2. The Hall–Kier alpha value is -2.73. The Labute approximate surface area is 190 Å². The molecule has 0 aliphatic carbocycles. The molecule has 0 saturated heterocycles. The lowest BCUT2D eigenvalue weighted by molar-refractivity contribution is -0.145. The molecule has 0 aromatic heterocycles. The molecule has 8 heteroatoms. The van der Waals surface area contributed by atoms with E-state index in [9.17, 15) is 14.2 Å². The second kappa shape index (κ2) is 13.6. The van der Waals surface area contributed by atoms with E-state index < -0.39 is 31.5 Å². The summed E-state index contributed by atoms with van der Waals surface area (Å²) in [7, 11) is -3.77. The minimum absolute atomic E-state index is 0.110. The molecule has 0 radical (unpaired) electrons. The summed E-state index contributed by atoms with van der Waals surface area (Å²) >= 11 is 0. The highest BCUT2D eigenvalue weighted by atomic mass is 31.2. The lowest BCUT2D eigenvalue weighted by Crippen LogP contribution is -2.45. The molecule has 0 amide bonds. The minimum atomic E-state index is -3.77. The van der Waals surface area contributed by atoms with Crippen LogP contribution in [-0.2, 0) is 30.0 Å². The van der Waals surface area contributed by atoms with Crippen molar-refractivity contribution in [2.45, 2.75) is 38.8 Å². The molecule has 1 rings (SSSR count). The lowest BCUT2D eigenvalue weighted by Gasteiger charge is -2.29. The highest BCUT2D eigenvalue weighted by Crippen LogP contribution is 2.47. The normalized spacial score (nSPS) is 14.3. The van der Waals surface area contributed by atoms with Crippen LogP contribution in [0.5, 0.6) is 0 Å². The molecule has 0 fully saturated rings. The van der Waals surface area contributed by atoms with E-state index in [0.717, 1.165) is 5.56 Å². The number of hydrogen-bond acceptors (Lipinski definition) is 5. The zero-order valence-corrected chi connectivity index (χ0v) is 19.7. The van der Waals surface area contributed by atoms with Gasteiger partial charge in [0.2, 0.25) is 7.44 Å². The smallest absolute Gasteiger partial charge is 0.323 e. The average Bonchev–Trinajstić information content (AvgIpc) is 2.78. The van der Waals surface area contributed by atoms with Gasteiger partial charge in [-0.05, 0) is 32.3 Å². The Balaban J connectivity index is 3.29. The van der Waals surface area contributed by atoms with E-state index in [1.807, 2.05) is 30.3 Å². The van der Waals surface area contributed by atoms with Gasteiger partial charge < -0.3 is 9.47 Å². The molecule has 0 bridgehead atoms. The van der Waals surface area contributed by atoms with Gasteiger partial charge in [-0.25, -0.2) is 10.2 Å². The van der Waals surface area contributed by atoms with Crippen molar-refractivity contribution in [3.05, 3.63) is 85.3 Å². The first-order valence-electron chi connectivity index (χ1n) is 10.4. The van der Waals surface area contributed by atoms with E-state index in [2.05, 4.69) is 36.5 Å². The molecular formula is C24H33N2O5P. The van der Waals surface area contributed by atoms with E-state index in [-0.39, 0.29) is 31.4 Å². The molecular weight excluding hydrogens is 427 g/mol. The van der Waals surface area contributed by atoms with Crippen LogP contribution < -0.4 is 10.2 Å². The van der Waals surface area contributed by atoms with Gasteiger partial charge in [0.1, 0.15) is 12.1 Å². The molecule has 3 unspecified atom stereocenters. The number of hydrogen-bond donors (Lipinski definition) is 2. The van der Waals surface area contributed by atoms with Gasteiger partial charge in [0.15, 0.2) is 0 Å². The first kappa shape index (κ1) is 27.3. The molecule has 1 aromatic rings. The Kier molecular flexibility index (Phi) is 11.6. The lowest BCUT2D eigenvalue weighted by atomic mass is 10.1. The zero-order chi connectivity index (χ0) is 24.1. The summed E-state index contributed by atoms with van der Waals surface area (Å²) in [5, 5.41) is 5.81. The third-order valence-corrected chi connectivity index (χ3v) is 6.84. The van der Waals surface area contributed by atoms with Crippen LogP contribution in [0, 0.1) is 0 Å². The van der Waals surface area contributed by atoms with Crippen LogP contribution >= 0.6 is 7.44 Å². The van der Waals surface area contributed by atoms with Gasteiger partial charge in [-0.3, -0.25) is 14.2 Å². The van der Waals surface area contributed by atoms with Crippen molar-refractivity contribution < 1.29 is 23.6 Å². The van der Waals surface area contributed by atoms with Crippen LogP contribution in [0.4, 0.5) is 0 Å². The van der Waals surface area contributed by atoms with Gasteiger partial charge in [-0.2, -0.15) is 0 Å². The third kappa shape index (κ3) is 8.42. The molecule has 174 valence electrons. The first-order valence-corrected chi connectivity index (χ1v) is 12.1. The van der Waals surface area contributed by atoms with Crippen molar-refractivity contribution in [1.82, 2.24) is 10.2 Å². The van der Waals surface area contributed by atoms with E-state index in [0.29, 0.717) is 5.57 Å². The number of carbonyl (C=O) groups is 2. The van der Waals surface area contributed by atoms with Crippen LogP contribution in [-0.4, -0.2) is 37.2 Å². The van der Waals surface area contributed by atoms with E-state index in [1.54, 1.807) is 13.8 Å². The van der Waals surface area contributed by atoms with Crippen LogP contribution in [0.15, 0.2) is 79.7 Å². The van der Waals surface area contributed by atoms with Crippen molar-refractivity contribution in [1.29, 1.82) is 0 Å². The number of allylic oxidation sites excluding steroid dienone is 3. The number of carbonyl (C=O) groups excluding carboxylic acids is 2. The van der Waals surface area contributed by atoms with Gasteiger partial charge in [-0.15, -0.1) is 0 Å². The molecule has 0 aliphatic rings. The van der Waals surface area contributed by atoms with E-state index in [4.69, 9.17) is 9.47 Å². The van der Waals surface area contributed by atoms with Crippen molar-refractivity contribution in [2.24, 2.45) is 0 Å². The summed E-state index contributed by atoms with van der Waals surface area (Å²) in [6, 6.07) is 7.28. The Morgan fingerprint density at radius 3 is 2.00 bits per heavy atom. The molecule has 0 heterocycles. The maximum atomic E-state index is 14.0. The van der Waals surface area contributed by atoms with Crippen molar-refractivity contribution in [3.8, 4) is 0 Å². The fourth-order valence-electron chi connectivity index (χ4n) is 2.81. The molecule has 32 heavy (non-hydrogen) atoms. The molecule has 7 nitrogen and oxygen atoms in total. The monoisotopic (exact) mass is 460 g/mol. The molecule has 0 spiro atoms. The fraction of sp³-hybridized carbons (Fsp3) is 0.333. The summed E-state index contributed by atoms with van der Waals surface area (Å²) in [4.78, 5) is 25.2. The molecule has 2 N–H and O–H groups in total. The van der Waals surface area contributed by atoms with Crippen molar-refractivity contribution in [3.63, 3.8) is 0 Å². The second-order valence-corrected chi connectivity index (χ2v) is 9.24. The Morgan fingerprint density at radius 2 is 1.50 bits per heavy atom. The van der Waals surface area contributed by atoms with Crippen molar-refractivity contribution in [2.75, 3.05) is 13.2 Å². The maximum absolute atomic E-state index is 14.0. The molecule has 1 aromatic carbocycles. The first-order chi connectivity index (χ1) is 15.2. The molecule has 0 aliphatic heterocycles. The maximum Gasteiger partial charge on any atom is 0.323 e. The van der Waals surface area contributed by atoms with Crippen molar-refractivity contribution >= 4 is 19.4 Å². The summed E-state index contributed by atoms with van der Waals surface area (Å²) < 4.78 is 24.3. The number of rotatable bonds is 15. The summed E-state index contributed by atoms with van der Waals surface area (Å²) in [5.41, 5.74) is 1.40. The number of nitrogens with one attached hydrogen (secondary N) is 2. The third-order valence-electron chi connectivity index (χ3n) is 4.50. The Bertz CT molecular complexity index is 882. The topological polar surface area (TPSA) is 93.7 Å². The zero-order valence-electron chi connectivity index (χ0n) is 18.8. The van der Waals surface area contributed by atoms with E-state index in [1.165, 1.54) is 12.2 Å². The van der Waals surface area contributed by atoms with Gasteiger partial charge in [-0.1, -0.05) is 74.4 Å². The van der Waals surface area contributed by atoms with Gasteiger partial charge in [0.05, 0.1) is 13.2 Å². The second-order valence-electron chi connectivity index (χ2n) is 6.93. The highest BCUT2D eigenvalue weighted by Gasteiger charge is 2.36. The summed E-state index contributed by atoms with van der Waals surface area (Å²) in [6.45, 7) is 18.6. The summed E-state index contributed by atoms with van der Waals surface area (Å²) in [5.74, 6) is -1.18. The highest BCUT2D eigenvalue weighted by molar-refractivity contribution is 7.64. The quantitative estimate of drug-likeness (QED) is 0.229. The fourth-order valence-corrected chi connectivity index (χ4v) is 4.75. The molecule has 3 atom stereocenters. The van der Waals surface area contributed by atoms with Crippen LogP contribution in [0.1, 0.15) is 25.8 Å². The van der Waals surface area contributed by atoms with Gasteiger partial charge in [0, 0.05) is 5.31 Å². The minimum Gasteiger partial charge on any atom is -0.465 e. The Morgan fingerprint density at radius 1 is 0.969 bits per heavy atom. The predicted molar refractivity (Wildman–Crippen MR) is 128 cm³/mol. The van der Waals surface area contributed by atoms with Crippen LogP contribution in [0.3, 0.4) is 0 Å². The molecule has 0 saturated carbocycles. The SMILES string of the molecule is C=CC(=C)CC(NP(=O)(NC(Cc1ccccc1)C(=O)OCC)C(=C)C=C)C(=O)OCC. The largest absolute Gasteiger partial charge is 0.465 e. The average molecular weight is 461 g/mol. The standard InChI is InChI=1S/C24H33N2O5P/c1-7-18(5)16-21(23(27)30-9-3)25-32(29,19(6)8-2)26-22(24(28)31-10-4)17-20-14-12-11-13-15-20/h7-8,11-15,21-22H,1-2,5-6,9-10,16-17H2,3-4H3,(H2,25,26,29).